The van der Waals surface area contributed by atoms with Crippen molar-refractivity contribution in [3.05, 3.63) is 52.4 Å². The minimum atomic E-state index is -1.25. The number of rotatable bonds is 4. The van der Waals surface area contributed by atoms with Crippen LogP contribution in [-0.4, -0.2) is 48.9 Å². The Balaban J connectivity index is 2.00. The highest BCUT2D eigenvalue weighted by molar-refractivity contribution is 8.18. The monoisotopic (exact) mass is 400 g/mol. The van der Waals surface area contributed by atoms with Crippen molar-refractivity contribution in [3.63, 3.8) is 0 Å². The van der Waals surface area contributed by atoms with Crippen LogP contribution in [0.25, 0.3) is 6.08 Å². The van der Waals surface area contributed by atoms with Crippen molar-refractivity contribution < 1.29 is 30.0 Å². The zero-order valence-corrected chi connectivity index (χ0v) is 15.5. The quantitative estimate of drug-likeness (QED) is 0.458. The van der Waals surface area contributed by atoms with Crippen molar-refractivity contribution in [2.75, 3.05) is 6.54 Å². The van der Waals surface area contributed by atoms with Crippen molar-refractivity contribution in [1.82, 2.24) is 4.90 Å². The minimum Gasteiger partial charge on any atom is -0.508 e. The predicted octanol–water partition coefficient (Wildman–Crippen LogP) is 3.13. The van der Waals surface area contributed by atoms with E-state index in [-0.39, 0.29) is 34.4 Å². The van der Waals surface area contributed by atoms with E-state index in [1.165, 1.54) is 29.2 Å². The van der Waals surface area contributed by atoms with Crippen LogP contribution in [0.2, 0.25) is 0 Å². The molecule has 1 fully saturated rings. The van der Waals surface area contributed by atoms with E-state index in [0.717, 1.165) is 17.8 Å². The van der Waals surface area contributed by atoms with E-state index >= 15 is 0 Å². The lowest BCUT2D eigenvalue weighted by Gasteiger charge is -2.12. The second-order valence-corrected chi connectivity index (χ2v) is 6.82. The first-order valence-corrected chi connectivity index (χ1v) is 9.00. The van der Waals surface area contributed by atoms with Gasteiger partial charge in [0, 0.05) is 6.54 Å². The summed E-state index contributed by atoms with van der Waals surface area (Å²) < 4.78 is 0. The number of carboxylic acid groups (broad SMARTS) is 1. The Hall–Kier alpha value is -3.46. The lowest BCUT2D eigenvalue weighted by atomic mass is 10.2. The molecule has 0 unspecified atom stereocenters. The van der Waals surface area contributed by atoms with Crippen molar-refractivity contribution in [2.45, 2.75) is 6.92 Å². The lowest BCUT2D eigenvalue weighted by Crippen LogP contribution is -2.28. The van der Waals surface area contributed by atoms with Crippen LogP contribution in [0.3, 0.4) is 0 Å². The molecule has 1 saturated heterocycles. The highest BCUT2D eigenvalue weighted by atomic mass is 32.2. The number of hydrogen-bond acceptors (Lipinski definition) is 7. The van der Waals surface area contributed by atoms with Crippen molar-refractivity contribution in [1.29, 1.82) is 0 Å². The number of amides is 1. The van der Waals surface area contributed by atoms with Crippen LogP contribution in [0.1, 0.15) is 22.8 Å². The van der Waals surface area contributed by atoms with E-state index < -0.39 is 5.97 Å². The Kier molecular flexibility index (Phi) is 5.27. The van der Waals surface area contributed by atoms with Crippen molar-refractivity contribution in [2.24, 2.45) is 4.99 Å². The van der Waals surface area contributed by atoms with Gasteiger partial charge in [0.25, 0.3) is 5.91 Å². The van der Waals surface area contributed by atoms with Gasteiger partial charge in [-0.1, -0.05) is 6.07 Å². The van der Waals surface area contributed by atoms with Gasteiger partial charge >= 0.3 is 5.97 Å². The highest BCUT2D eigenvalue weighted by Gasteiger charge is 2.32. The average Bonchev–Trinajstić information content (AvgIpc) is 2.94. The van der Waals surface area contributed by atoms with Crippen LogP contribution >= 0.6 is 11.8 Å². The van der Waals surface area contributed by atoms with Gasteiger partial charge in [0.1, 0.15) is 5.75 Å². The Bertz CT molecular complexity index is 1030. The molecule has 4 N–H and O–H groups in total. The predicted molar refractivity (Wildman–Crippen MR) is 105 cm³/mol. The van der Waals surface area contributed by atoms with Gasteiger partial charge in [-0.05, 0) is 60.7 Å². The van der Waals surface area contributed by atoms with Gasteiger partial charge in [0.15, 0.2) is 16.7 Å². The molecular formula is C19H16N2O6S. The Morgan fingerprint density at radius 1 is 1.14 bits per heavy atom. The number of phenolic OH excluding ortho intramolecular Hbond substituents is 3. The number of nitrogens with zero attached hydrogens (tertiary/aromatic N) is 2. The Labute approximate surface area is 164 Å². The van der Waals surface area contributed by atoms with Gasteiger partial charge in [-0.25, -0.2) is 9.79 Å². The van der Waals surface area contributed by atoms with E-state index in [0.29, 0.717) is 22.2 Å². The summed E-state index contributed by atoms with van der Waals surface area (Å²) in [6.07, 6.45) is 1.55. The summed E-state index contributed by atoms with van der Waals surface area (Å²) >= 11 is 1.06. The smallest absolute Gasteiger partial charge is 0.338 e. The molecule has 9 heteroatoms. The zero-order valence-electron chi connectivity index (χ0n) is 14.7. The molecule has 2 aromatic rings. The van der Waals surface area contributed by atoms with Crippen LogP contribution in [0.4, 0.5) is 5.69 Å². The van der Waals surface area contributed by atoms with Crippen LogP contribution in [0.15, 0.2) is 46.3 Å². The number of carbonyl (C=O) groups is 2. The van der Waals surface area contributed by atoms with Crippen molar-refractivity contribution >= 4 is 40.6 Å². The second-order valence-electron chi connectivity index (χ2n) is 5.81. The molecule has 0 atom stereocenters. The molecule has 1 aliphatic rings. The van der Waals surface area contributed by atoms with Crippen LogP contribution < -0.4 is 0 Å². The number of hydrogen-bond donors (Lipinski definition) is 4. The van der Waals surface area contributed by atoms with E-state index in [9.17, 15) is 30.0 Å². The number of carbonyl (C=O) groups excluding carboxylic acids is 1. The number of likely N-dealkylation sites (N-methyl/N-ethyl adjacent to an activating group) is 1. The summed E-state index contributed by atoms with van der Waals surface area (Å²) in [4.78, 5) is 30.1. The van der Waals surface area contributed by atoms with Gasteiger partial charge in [-0.15, -0.1) is 0 Å². The fraction of sp³-hybridized carbons (Fsp3) is 0.105. The summed E-state index contributed by atoms with van der Waals surface area (Å²) in [6.45, 7) is 2.08. The third-order valence-electron chi connectivity index (χ3n) is 3.93. The third-order valence-corrected chi connectivity index (χ3v) is 4.93. The molecule has 0 bridgehead atoms. The molecule has 1 heterocycles. The fourth-order valence-corrected chi connectivity index (χ4v) is 3.60. The molecule has 1 aliphatic heterocycles. The van der Waals surface area contributed by atoms with Gasteiger partial charge in [-0.2, -0.15) is 0 Å². The number of aromatic hydroxyl groups is 3. The summed E-state index contributed by atoms with van der Waals surface area (Å²) in [7, 11) is 0. The minimum absolute atomic E-state index is 0.113. The Morgan fingerprint density at radius 2 is 1.89 bits per heavy atom. The van der Waals surface area contributed by atoms with E-state index in [2.05, 4.69) is 4.99 Å². The zero-order chi connectivity index (χ0) is 20.4. The topological polar surface area (TPSA) is 131 Å². The van der Waals surface area contributed by atoms with Crippen LogP contribution in [-0.2, 0) is 4.79 Å². The summed E-state index contributed by atoms with van der Waals surface area (Å²) in [6, 6.07) is 7.96. The van der Waals surface area contributed by atoms with Gasteiger partial charge in [-0.3, -0.25) is 9.69 Å². The maximum atomic E-state index is 12.7. The molecule has 0 aromatic heterocycles. The molecule has 28 heavy (non-hydrogen) atoms. The molecule has 1 amide bonds. The molecule has 0 radical (unpaired) electrons. The first-order chi connectivity index (χ1) is 13.3. The summed E-state index contributed by atoms with van der Waals surface area (Å²) in [5.74, 6) is -2.33. The van der Waals surface area contributed by atoms with Crippen molar-refractivity contribution in [3.8, 4) is 17.2 Å². The number of aromatic carboxylic acids is 1. The lowest BCUT2D eigenvalue weighted by molar-refractivity contribution is -0.122. The number of carboxylic acids is 1. The molecule has 2 aromatic carbocycles. The maximum absolute atomic E-state index is 12.7. The highest BCUT2D eigenvalue weighted by Crippen LogP contribution is 2.36. The molecule has 3 rings (SSSR count). The molecule has 0 aliphatic carbocycles. The molecule has 0 saturated carbocycles. The number of amidine groups is 1. The van der Waals surface area contributed by atoms with Gasteiger partial charge in [0.2, 0.25) is 0 Å². The van der Waals surface area contributed by atoms with Gasteiger partial charge < -0.3 is 20.4 Å². The molecule has 144 valence electrons. The number of aliphatic imine (C=N–C) groups is 1. The summed E-state index contributed by atoms with van der Waals surface area (Å²) in [5.41, 5.74) is 0.444. The summed E-state index contributed by atoms with van der Waals surface area (Å²) in [5, 5.41) is 38.1. The molecular weight excluding hydrogens is 384 g/mol. The molecule has 0 spiro atoms. The SMILES string of the molecule is CCN1C(=O)/C(=C/c2ccc(O)c(O)c2)SC1=Nc1ccc(O)cc1C(=O)O. The maximum Gasteiger partial charge on any atom is 0.338 e. The van der Waals surface area contributed by atoms with E-state index in [1.54, 1.807) is 19.1 Å². The standard InChI is InChI=1S/C19H16N2O6S/c1-2-21-17(25)16(8-10-3-6-14(23)15(24)7-10)28-19(21)20-13-5-4-11(22)9-12(13)18(26)27/h3-9,22-24H,2H2,1H3,(H,26,27)/b16-8-,20-19?. The fourth-order valence-electron chi connectivity index (χ4n) is 2.55. The van der Waals surface area contributed by atoms with Crippen LogP contribution in [0.5, 0.6) is 17.2 Å². The normalized spacial score (nSPS) is 16.9. The average molecular weight is 400 g/mol. The first-order valence-electron chi connectivity index (χ1n) is 8.18. The van der Waals surface area contributed by atoms with Crippen LogP contribution in [0, 0.1) is 0 Å². The number of phenols is 3. The number of benzene rings is 2. The van der Waals surface area contributed by atoms with E-state index in [1.807, 2.05) is 0 Å². The third kappa shape index (κ3) is 3.79. The van der Waals surface area contributed by atoms with E-state index in [4.69, 9.17) is 0 Å². The van der Waals surface area contributed by atoms with Gasteiger partial charge in [0.05, 0.1) is 16.2 Å². The largest absolute Gasteiger partial charge is 0.508 e. The number of thioether (sulfide) groups is 1. The molecule has 8 nitrogen and oxygen atoms in total. The Morgan fingerprint density at radius 3 is 2.54 bits per heavy atom. The first kappa shape index (κ1) is 19.3. The second kappa shape index (κ2) is 7.65.